The highest BCUT2D eigenvalue weighted by Crippen LogP contribution is 2.39. The lowest BCUT2D eigenvalue weighted by molar-refractivity contribution is -0.131. The van der Waals surface area contributed by atoms with E-state index in [1.165, 1.54) is 12.8 Å². The molecule has 2 aliphatic rings. The SMILES string of the molecule is CC(C1CC1)N(C(=O)CS(=O)CCO)C1CC1. The average molecular weight is 259 g/mol. The van der Waals surface area contributed by atoms with Crippen LogP contribution in [0.3, 0.4) is 0 Å². The maximum atomic E-state index is 12.1. The standard InChI is InChI=1S/C12H21NO3S/c1-9(10-2-3-10)13(11-4-5-11)12(15)8-17(16)7-6-14/h9-11,14H,2-8H2,1H3. The molecule has 17 heavy (non-hydrogen) atoms. The molecule has 0 radical (unpaired) electrons. The van der Waals surface area contributed by atoms with Gasteiger partial charge in [0.05, 0.1) is 6.61 Å². The van der Waals surface area contributed by atoms with Gasteiger partial charge in [-0.1, -0.05) is 0 Å². The Morgan fingerprint density at radius 2 is 2.06 bits per heavy atom. The molecule has 2 atom stereocenters. The second-order valence-electron chi connectivity index (χ2n) is 5.12. The second-order valence-corrected chi connectivity index (χ2v) is 6.70. The van der Waals surface area contributed by atoms with Crippen LogP contribution in [-0.4, -0.2) is 50.3 Å². The molecule has 2 unspecified atom stereocenters. The molecule has 2 rings (SSSR count). The molecule has 0 aromatic rings. The molecule has 0 bridgehead atoms. The van der Waals surface area contributed by atoms with Crippen LogP contribution in [0.4, 0.5) is 0 Å². The van der Waals surface area contributed by atoms with Crippen molar-refractivity contribution in [3.63, 3.8) is 0 Å². The number of aliphatic hydroxyl groups excluding tert-OH is 1. The average Bonchev–Trinajstić information content (AvgIpc) is 3.13. The summed E-state index contributed by atoms with van der Waals surface area (Å²) in [7, 11) is -1.21. The Bertz CT molecular complexity index is 313. The first kappa shape index (κ1) is 13.0. The highest BCUT2D eigenvalue weighted by molar-refractivity contribution is 7.85. The predicted octanol–water partition coefficient (Wildman–Crippen LogP) is 0.517. The summed E-state index contributed by atoms with van der Waals surface area (Å²) in [5.41, 5.74) is 0. The van der Waals surface area contributed by atoms with Crippen LogP contribution >= 0.6 is 0 Å². The molecule has 0 spiro atoms. The van der Waals surface area contributed by atoms with Crippen LogP contribution in [0.1, 0.15) is 32.6 Å². The molecule has 2 saturated carbocycles. The van der Waals surface area contributed by atoms with Gasteiger partial charge in [0.2, 0.25) is 5.91 Å². The highest BCUT2D eigenvalue weighted by atomic mass is 32.2. The van der Waals surface area contributed by atoms with Gasteiger partial charge in [-0.15, -0.1) is 0 Å². The minimum absolute atomic E-state index is 0.0127. The molecule has 0 aromatic carbocycles. The fraction of sp³-hybridized carbons (Fsp3) is 0.917. The number of carbonyl (C=O) groups excluding carboxylic acids is 1. The van der Waals surface area contributed by atoms with E-state index in [-0.39, 0.29) is 24.0 Å². The van der Waals surface area contributed by atoms with E-state index in [0.29, 0.717) is 18.0 Å². The number of hydrogen-bond donors (Lipinski definition) is 1. The van der Waals surface area contributed by atoms with E-state index >= 15 is 0 Å². The molecular weight excluding hydrogens is 238 g/mol. The molecular formula is C12H21NO3S. The van der Waals surface area contributed by atoms with E-state index in [9.17, 15) is 9.00 Å². The molecule has 1 N–H and O–H groups in total. The predicted molar refractivity (Wildman–Crippen MR) is 67.0 cm³/mol. The first-order chi connectivity index (χ1) is 8.13. The molecule has 1 amide bonds. The van der Waals surface area contributed by atoms with Crippen LogP contribution in [0.25, 0.3) is 0 Å². The number of aliphatic hydroxyl groups is 1. The molecule has 98 valence electrons. The minimum Gasteiger partial charge on any atom is -0.395 e. The van der Waals surface area contributed by atoms with Crippen molar-refractivity contribution in [1.29, 1.82) is 0 Å². The molecule has 0 aliphatic heterocycles. The summed E-state index contributed by atoms with van der Waals surface area (Å²) >= 11 is 0. The summed E-state index contributed by atoms with van der Waals surface area (Å²) in [6.07, 6.45) is 4.62. The number of amides is 1. The van der Waals surface area contributed by atoms with E-state index in [0.717, 1.165) is 12.8 Å². The second kappa shape index (κ2) is 5.48. The summed E-state index contributed by atoms with van der Waals surface area (Å²) in [5.74, 6) is 0.959. The molecule has 2 fully saturated rings. The van der Waals surface area contributed by atoms with Gasteiger partial charge < -0.3 is 10.0 Å². The summed E-state index contributed by atoms with van der Waals surface area (Å²) in [5, 5.41) is 8.70. The van der Waals surface area contributed by atoms with E-state index < -0.39 is 10.8 Å². The Morgan fingerprint density at radius 3 is 2.53 bits per heavy atom. The summed E-state index contributed by atoms with van der Waals surface area (Å²) < 4.78 is 11.5. The van der Waals surface area contributed by atoms with Crippen molar-refractivity contribution in [3.8, 4) is 0 Å². The monoisotopic (exact) mass is 259 g/mol. The normalized spacial score (nSPS) is 23.2. The van der Waals surface area contributed by atoms with E-state index in [4.69, 9.17) is 5.11 Å². The Labute approximate surface area is 105 Å². The van der Waals surface area contributed by atoms with Gasteiger partial charge in [0.15, 0.2) is 0 Å². The quantitative estimate of drug-likeness (QED) is 0.725. The summed E-state index contributed by atoms with van der Waals surface area (Å²) in [6.45, 7) is 2.00. The van der Waals surface area contributed by atoms with Gasteiger partial charge in [-0.3, -0.25) is 9.00 Å². The van der Waals surface area contributed by atoms with Gasteiger partial charge in [0.25, 0.3) is 0 Å². The largest absolute Gasteiger partial charge is 0.395 e. The fourth-order valence-electron chi connectivity index (χ4n) is 2.31. The van der Waals surface area contributed by atoms with Crippen molar-refractivity contribution >= 4 is 16.7 Å². The van der Waals surface area contributed by atoms with Crippen LogP contribution in [0.5, 0.6) is 0 Å². The Morgan fingerprint density at radius 1 is 1.41 bits per heavy atom. The minimum atomic E-state index is -1.21. The third-order valence-electron chi connectivity index (χ3n) is 3.57. The van der Waals surface area contributed by atoms with Crippen molar-refractivity contribution in [1.82, 2.24) is 4.90 Å². The molecule has 0 saturated heterocycles. The lowest BCUT2D eigenvalue weighted by Crippen LogP contribution is -2.44. The van der Waals surface area contributed by atoms with Crippen molar-refractivity contribution in [2.24, 2.45) is 5.92 Å². The highest BCUT2D eigenvalue weighted by Gasteiger charge is 2.41. The van der Waals surface area contributed by atoms with Crippen LogP contribution in [0.15, 0.2) is 0 Å². The topological polar surface area (TPSA) is 57.6 Å². The maximum Gasteiger partial charge on any atom is 0.235 e. The number of carbonyl (C=O) groups is 1. The van der Waals surface area contributed by atoms with Gasteiger partial charge in [-0.05, 0) is 38.5 Å². The summed E-state index contributed by atoms with van der Waals surface area (Å²) in [4.78, 5) is 14.1. The third kappa shape index (κ3) is 3.52. The van der Waals surface area contributed by atoms with E-state index in [1.54, 1.807) is 0 Å². The first-order valence-corrected chi connectivity index (χ1v) is 7.89. The summed E-state index contributed by atoms with van der Waals surface area (Å²) in [6, 6.07) is 0.699. The van der Waals surface area contributed by atoms with E-state index in [2.05, 4.69) is 6.92 Å². The zero-order chi connectivity index (χ0) is 12.4. The lowest BCUT2D eigenvalue weighted by atomic mass is 10.2. The number of nitrogens with zero attached hydrogens (tertiary/aromatic N) is 1. The zero-order valence-corrected chi connectivity index (χ0v) is 11.1. The van der Waals surface area contributed by atoms with Crippen molar-refractivity contribution < 1.29 is 14.1 Å². The van der Waals surface area contributed by atoms with E-state index in [1.807, 2.05) is 4.90 Å². The van der Waals surface area contributed by atoms with Crippen LogP contribution in [0.2, 0.25) is 0 Å². The third-order valence-corrected chi connectivity index (χ3v) is 4.78. The van der Waals surface area contributed by atoms with Crippen LogP contribution < -0.4 is 0 Å². The van der Waals surface area contributed by atoms with Crippen molar-refractivity contribution in [2.75, 3.05) is 18.1 Å². The molecule has 0 aromatic heterocycles. The Balaban J connectivity index is 1.90. The van der Waals surface area contributed by atoms with Crippen molar-refractivity contribution in [2.45, 2.75) is 44.7 Å². The zero-order valence-electron chi connectivity index (χ0n) is 10.3. The molecule has 5 heteroatoms. The van der Waals surface area contributed by atoms with Crippen LogP contribution in [-0.2, 0) is 15.6 Å². The smallest absolute Gasteiger partial charge is 0.235 e. The van der Waals surface area contributed by atoms with Gasteiger partial charge in [-0.2, -0.15) is 0 Å². The van der Waals surface area contributed by atoms with Crippen LogP contribution in [0, 0.1) is 5.92 Å². The number of hydrogen-bond acceptors (Lipinski definition) is 3. The fourth-order valence-corrected chi connectivity index (χ4v) is 3.08. The van der Waals surface area contributed by atoms with Gasteiger partial charge in [0, 0.05) is 28.6 Å². The molecule has 2 aliphatic carbocycles. The van der Waals surface area contributed by atoms with Gasteiger partial charge in [0.1, 0.15) is 5.75 Å². The Hall–Kier alpha value is -0.420. The van der Waals surface area contributed by atoms with Gasteiger partial charge in [-0.25, -0.2) is 0 Å². The Kier molecular flexibility index (Phi) is 4.20. The molecule has 4 nitrogen and oxygen atoms in total. The lowest BCUT2D eigenvalue weighted by Gasteiger charge is -2.29. The first-order valence-electron chi connectivity index (χ1n) is 6.40. The van der Waals surface area contributed by atoms with Gasteiger partial charge >= 0.3 is 0 Å². The van der Waals surface area contributed by atoms with Crippen molar-refractivity contribution in [3.05, 3.63) is 0 Å². The number of rotatable bonds is 7. The molecule has 0 heterocycles. The maximum absolute atomic E-state index is 12.1.